The molecular weight excluding hydrogens is 326 g/mol. The molecule has 0 aromatic carbocycles. The van der Waals surface area contributed by atoms with Crippen molar-refractivity contribution >= 4 is 15.9 Å². The first kappa shape index (κ1) is 17.7. The molecule has 0 radical (unpaired) electrons. The van der Waals surface area contributed by atoms with Crippen LogP contribution in [-0.4, -0.2) is 48.7 Å². The summed E-state index contributed by atoms with van der Waals surface area (Å²) in [4.78, 5) is 0. The summed E-state index contributed by atoms with van der Waals surface area (Å²) in [5.41, 5.74) is 0. The monoisotopic (exact) mass is 340 g/mol. The van der Waals surface area contributed by atoms with Crippen molar-refractivity contribution in [2.75, 3.05) is 18.5 Å². The SMILES string of the molecule is Fc1cn[nH]c1.OCCBr.OCCn1cc(F)cn1. The molecule has 0 atom stereocenters. The van der Waals surface area contributed by atoms with Gasteiger partial charge in [0.15, 0.2) is 11.6 Å². The molecule has 19 heavy (non-hydrogen) atoms. The largest absolute Gasteiger partial charge is 0.396 e. The molecule has 2 heterocycles. The van der Waals surface area contributed by atoms with Gasteiger partial charge in [-0.2, -0.15) is 10.2 Å². The second-order valence-corrected chi connectivity index (χ2v) is 3.77. The highest BCUT2D eigenvalue weighted by Crippen LogP contribution is 1.91. The normalized spacial score (nSPS) is 9.11. The maximum Gasteiger partial charge on any atom is 0.161 e. The number of hydrogen-bond donors (Lipinski definition) is 3. The van der Waals surface area contributed by atoms with Crippen LogP contribution in [0.3, 0.4) is 0 Å². The fourth-order valence-electron chi connectivity index (χ4n) is 0.798. The summed E-state index contributed by atoms with van der Waals surface area (Å²) >= 11 is 3.00. The lowest BCUT2D eigenvalue weighted by molar-refractivity contribution is 0.269. The lowest BCUT2D eigenvalue weighted by Crippen LogP contribution is -2.01. The minimum absolute atomic E-state index is 0.0128. The number of aromatic amines is 1. The number of nitrogens with one attached hydrogen (secondary N) is 1. The average Bonchev–Trinajstić information content (AvgIpc) is 3.03. The van der Waals surface area contributed by atoms with Crippen LogP contribution in [0, 0.1) is 11.6 Å². The average molecular weight is 341 g/mol. The van der Waals surface area contributed by atoms with Gasteiger partial charge < -0.3 is 10.2 Å². The van der Waals surface area contributed by atoms with Crippen molar-refractivity contribution in [3.8, 4) is 0 Å². The summed E-state index contributed by atoms with van der Waals surface area (Å²) in [5.74, 6) is -0.696. The van der Waals surface area contributed by atoms with E-state index < -0.39 is 0 Å². The third-order valence-electron chi connectivity index (χ3n) is 1.48. The highest BCUT2D eigenvalue weighted by Gasteiger charge is 1.92. The first-order valence-electron chi connectivity index (χ1n) is 5.24. The van der Waals surface area contributed by atoms with Gasteiger partial charge in [0.05, 0.1) is 44.5 Å². The number of aliphatic hydroxyl groups excluding tert-OH is 2. The maximum atomic E-state index is 12.1. The molecule has 0 aliphatic heterocycles. The summed E-state index contributed by atoms with van der Waals surface area (Å²) < 4.78 is 25.0. The van der Waals surface area contributed by atoms with E-state index in [9.17, 15) is 8.78 Å². The van der Waals surface area contributed by atoms with Crippen LogP contribution in [0.2, 0.25) is 0 Å². The van der Waals surface area contributed by atoms with Gasteiger partial charge in [-0.05, 0) is 0 Å². The molecule has 2 aromatic rings. The molecular formula is C10H15BrF2N4O2. The van der Waals surface area contributed by atoms with Crippen LogP contribution in [0.25, 0.3) is 0 Å². The highest BCUT2D eigenvalue weighted by atomic mass is 79.9. The Kier molecular flexibility index (Phi) is 10.9. The zero-order valence-electron chi connectivity index (χ0n) is 10.0. The van der Waals surface area contributed by atoms with Gasteiger partial charge >= 0.3 is 0 Å². The van der Waals surface area contributed by atoms with Crippen molar-refractivity contribution in [3.63, 3.8) is 0 Å². The van der Waals surface area contributed by atoms with Crippen molar-refractivity contribution in [3.05, 3.63) is 36.4 Å². The Morgan fingerprint density at radius 3 is 2.16 bits per heavy atom. The van der Waals surface area contributed by atoms with E-state index in [0.29, 0.717) is 11.9 Å². The van der Waals surface area contributed by atoms with Gasteiger partial charge in [0.25, 0.3) is 0 Å². The van der Waals surface area contributed by atoms with Crippen LogP contribution >= 0.6 is 15.9 Å². The standard InChI is InChI=1S/C5H7FN2O.C3H3FN2.C2H5BrO/c6-5-3-7-8(4-5)1-2-9;4-3-1-5-6-2-3;3-1-2-4/h3-4,9H,1-2H2;1-2H,(H,5,6);4H,1-2H2. The number of hydrogen-bond acceptors (Lipinski definition) is 4. The van der Waals surface area contributed by atoms with E-state index in [1.54, 1.807) is 0 Å². The molecule has 0 saturated carbocycles. The molecule has 2 aromatic heterocycles. The van der Waals surface area contributed by atoms with Gasteiger partial charge in [-0.15, -0.1) is 0 Å². The molecule has 0 aliphatic carbocycles. The minimum atomic E-state index is -0.372. The van der Waals surface area contributed by atoms with Crippen LogP contribution in [0.4, 0.5) is 8.78 Å². The van der Waals surface area contributed by atoms with Crippen LogP contribution < -0.4 is 0 Å². The van der Waals surface area contributed by atoms with Gasteiger partial charge in [0.1, 0.15) is 0 Å². The first-order valence-corrected chi connectivity index (χ1v) is 6.36. The van der Waals surface area contributed by atoms with Gasteiger partial charge in [-0.3, -0.25) is 9.78 Å². The highest BCUT2D eigenvalue weighted by molar-refractivity contribution is 9.09. The van der Waals surface area contributed by atoms with Gasteiger partial charge in [-0.1, -0.05) is 15.9 Å². The van der Waals surface area contributed by atoms with Crippen molar-refractivity contribution in [2.24, 2.45) is 0 Å². The Hall–Kier alpha value is -1.32. The van der Waals surface area contributed by atoms with Crippen LogP contribution in [-0.2, 0) is 6.54 Å². The zero-order valence-corrected chi connectivity index (χ0v) is 11.6. The zero-order chi connectivity index (χ0) is 14.5. The molecule has 0 bridgehead atoms. The number of aromatic nitrogens is 4. The van der Waals surface area contributed by atoms with E-state index in [1.807, 2.05) is 0 Å². The van der Waals surface area contributed by atoms with E-state index in [2.05, 4.69) is 31.2 Å². The molecule has 6 nitrogen and oxygen atoms in total. The maximum absolute atomic E-state index is 12.1. The fourth-order valence-corrected chi connectivity index (χ4v) is 0.798. The Morgan fingerprint density at radius 2 is 1.89 bits per heavy atom. The van der Waals surface area contributed by atoms with Gasteiger partial charge in [-0.25, -0.2) is 8.78 Å². The smallest absolute Gasteiger partial charge is 0.161 e. The van der Waals surface area contributed by atoms with E-state index in [0.717, 1.165) is 12.4 Å². The molecule has 0 spiro atoms. The number of rotatable bonds is 3. The minimum Gasteiger partial charge on any atom is -0.396 e. The third-order valence-corrected chi connectivity index (χ3v) is 1.83. The first-order chi connectivity index (χ1) is 9.13. The summed E-state index contributed by atoms with van der Waals surface area (Å²) in [6, 6.07) is 0. The Balaban J connectivity index is 0.000000281. The predicted molar refractivity (Wildman–Crippen MR) is 68.7 cm³/mol. The second kappa shape index (κ2) is 11.8. The molecule has 0 aliphatic rings. The number of alkyl halides is 1. The third kappa shape index (κ3) is 10.3. The quantitative estimate of drug-likeness (QED) is 0.725. The Morgan fingerprint density at radius 1 is 1.21 bits per heavy atom. The topological polar surface area (TPSA) is 87.0 Å². The number of aliphatic hydroxyl groups is 2. The van der Waals surface area contributed by atoms with Gasteiger partial charge in [0, 0.05) is 5.33 Å². The van der Waals surface area contributed by atoms with E-state index in [1.165, 1.54) is 17.1 Å². The van der Waals surface area contributed by atoms with Crippen molar-refractivity contribution in [1.82, 2.24) is 20.0 Å². The van der Waals surface area contributed by atoms with E-state index >= 15 is 0 Å². The van der Waals surface area contributed by atoms with Crippen LogP contribution in [0.1, 0.15) is 0 Å². The summed E-state index contributed by atoms with van der Waals surface area (Å²) in [5, 5.41) is 26.1. The predicted octanol–water partition coefficient (Wildman–Crippen LogP) is 0.937. The van der Waals surface area contributed by atoms with Crippen molar-refractivity contribution in [1.29, 1.82) is 0 Å². The molecule has 0 unspecified atom stereocenters. The van der Waals surface area contributed by atoms with E-state index in [4.69, 9.17) is 10.2 Å². The number of nitrogens with zero attached hydrogens (tertiary/aromatic N) is 3. The van der Waals surface area contributed by atoms with Crippen molar-refractivity contribution in [2.45, 2.75) is 6.54 Å². The molecule has 108 valence electrons. The summed E-state index contributed by atoms with van der Waals surface area (Å²) in [6.45, 7) is 0.574. The lowest BCUT2D eigenvalue weighted by Gasteiger charge is -1.92. The second-order valence-electron chi connectivity index (χ2n) is 2.97. The Labute approximate surface area is 117 Å². The molecule has 3 N–H and O–H groups in total. The molecule has 0 fully saturated rings. The molecule has 0 saturated heterocycles. The summed E-state index contributed by atoms with van der Waals surface area (Å²) in [6.07, 6.45) is 4.63. The fraction of sp³-hybridized carbons (Fsp3) is 0.400. The number of halogens is 3. The molecule has 0 amide bonds. The summed E-state index contributed by atoms with van der Waals surface area (Å²) in [7, 11) is 0. The van der Waals surface area contributed by atoms with Crippen molar-refractivity contribution < 1.29 is 19.0 Å². The van der Waals surface area contributed by atoms with E-state index in [-0.39, 0.29) is 24.8 Å². The number of H-pyrrole nitrogens is 1. The molecule has 2 rings (SSSR count). The van der Waals surface area contributed by atoms with Crippen LogP contribution in [0.5, 0.6) is 0 Å². The molecule has 9 heteroatoms. The van der Waals surface area contributed by atoms with Crippen LogP contribution in [0.15, 0.2) is 24.8 Å². The Bertz CT molecular complexity index is 409. The lowest BCUT2D eigenvalue weighted by atomic mass is 10.6. The van der Waals surface area contributed by atoms with Gasteiger partial charge in [0.2, 0.25) is 0 Å².